The molecule has 0 saturated carbocycles. The first-order valence-corrected chi connectivity index (χ1v) is 15.9. The van der Waals surface area contributed by atoms with E-state index in [1.807, 2.05) is 58.0 Å². The maximum Gasteiger partial charge on any atom is 0.336 e. The van der Waals surface area contributed by atoms with Gasteiger partial charge in [-0.1, -0.05) is 36.4 Å². The van der Waals surface area contributed by atoms with Crippen LogP contribution >= 0.6 is 11.7 Å². The van der Waals surface area contributed by atoms with Crippen LogP contribution in [0.15, 0.2) is 90.5 Å². The molecule has 10 heteroatoms. The fraction of sp³-hybridized carbons (Fsp3) is 0.243. The summed E-state index contributed by atoms with van der Waals surface area (Å²) >= 11 is 1.03. The first-order valence-electron chi connectivity index (χ1n) is 15.2. The van der Waals surface area contributed by atoms with Crippen LogP contribution in [0.4, 0.5) is 0 Å². The third-order valence-electron chi connectivity index (χ3n) is 7.09. The number of benzene rings is 4. The minimum absolute atomic E-state index is 0.0349. The number of methoxy groups -OCH3 is 1. The predicted molar refractivity (Wildman–Crippen MR) is 182 cm³/mol. The fourth-order valence-corrected chi connectivity index (χ4v) is 5.56. The highest BCUT2D eigenvalue weighted by atomic mass is 32.1. The van der Waals surface area contributed by atoms with Crippen molar-refractivity contribution < 1.29 is 33.6 Å². The Morgan fingerprint density at radius 3 is 2.09 bits per heavy atom. The molecular formula is C37H36N2O7S. The lowest BCUT2D eigenvalue weighted by Crippen LogP contribution is -2.15. The van der Waals surface area contributed by atoms with E-state index in [4.69, 9.17) is 18.9 Å². The molecule has 0 spiro atoms. The number of aromatic nitrogens is 2. The molecule has 0 aliphatic carbocycles. The number of carbonyl (C=O) groups excluding carboxylic acids is 1. The molecule has 1 N–H and O–H groups in total. The third kappa shape index (κ3) is 8.14. The molecule has 5 rings (SSSR count). The first-order chi connectivity index (χ1) is 22.6. The van der Waals surface area contributed by atoms with E-state index in [-0.39, 0.29) is 29.8 Å². The summed E-state index contributed by atoms with van der Waals surface area (Å²) in [6.07, 6.45) is -0.376. The molecule has 0 atom stereocenters. The highest BCUT2D eigenvalue weighted by Gasteiger charge is 2.26. The number of rotatable bonds is 14. The van der Waals surface area contributed by atoms with Gasteiger partial charge in [0.1, 0.15) is 23.4 Å². The third-order valence-corrected chi connectivity index (χ3v) is 7.65. The van der Waals surface area contributed by atoms with Crippen LogP contribution in [0.5, 0.6) is 23.0 Å². The number of hydrogen-bond acceptors (Lipinski definition) is 9. The second-order valence-electron chi connectivity index (χ2n) is 11.4. The van der Waals surface area contributed by atoms with Crippen molar-refractivity contribution in [2.24, 2.45) is 0 Å². The normalized spacial score (nSPS) is 11.8. The van der Waals surface area contributed by atoms with Crippen LogP contribution < -0.4 is 18.9 Å². The molecule has 4 aromatic carbocycles. The van der Waals surface area contributed by atoms with Crippen LogP contribution in [0.2, 0.25) is 0 Å². The van der Waals surface area contributed by atoms with E-state index >= 15 is 0 Å². The van der Waals surface area contributed by atoms with Crippen molar-refractivity contribution in [3.63, 3.8) is 0 Å². The number of carboxylic acids is 1. The quantitative estimate of drug-likeness (QED) is 0.0946. The van der Waals surface area contributed by atoms with Crippen LogP contribution in [0.1, 0.15) is 54.7 Å². The fourth-order valence-electron chi connectivity index (χ4n) is 5.05. The van der Waals surface area contributed by atoms with E-state index in [0.717, 1.165) is 17.3 Å². The molecule has 47 heavy (non-hydrogen) atoms. The minimum atomic E-state index is -1.25. The smallest absolute Gasteiger partial charge is 0.336 e. The number of carboxylic acid groups (broad SMARTS) is 1. The van der Waals surface area contributed by atoms with Crippen molar-refractivity contribution >= 4 is 40.1 Å². The highest BCUT2D eigenvalue weighted by molar-refractivity contribution is 7.00. The summed E-state index contributed by atoms with van der Waals surface area (Å²) in [6.45, 7) is 7.96. The Bertz CT molecular complexity index is 1900. The molecule has 1 aromatic heterocycles. The Balaban J connectivity index is 1.59. The molecule has 242 valence electrons. The molecule has 1 heterocycles. The number of carbonyl (C=O) groups is 2. The van der Waals surface area contributed by atoms with Crippen molar-refractivity contribution in [1.29, 1.82) is 0 Å². The van der Waals surface area contributed by atoms with E-state index in [2.05, 4.69) is 8.75 Å². The number of hydrogen-bond donors (Lipinski definition) is 1. The summed E-state index contributed by atoms with van der Waals surface area (Å²) in [6, 6.07) is 24.9. The van der Waals surface area contributed by atoms with E-state index in [1.54, 1.807) is 54.6 Å². The standard InChI is InChI=1S/C37H36N2O7S/c1-22(2)45-33-19-25(18-32(43-5)36(33)46-23(3)4)17-29(34(37(41)42)27-13-16-30-31(20-27)39-47-38-30)35(40)26-11-14-28(15-12-26)44-21-24-9-7-6-8-10-24/h6-16,18-20,22-23H,17,21H2,1-5H3,(H,41,42). The molecule has 5 aromatic rings. The first kappa shape index (κ1) is 33.2. The summed E-state index contributed by atoms with van der Waals surface area (Å²) in [7, 11) is 1.52. The monoisotopic (exact) mass is 652 g/mol. The molecule has 0 saturated heterocycles. The zero-order valence-electron chi connectivity index (χ0n) is 26.9. The molecule has 0 amide bonds. The van der Waals surface area contributed by atoms with Gasteiger partial charge in [-0.2, -0.15) is 8.75 Å². The summed E-state index contributed by atoms with van der Waals surface area (Å²) in [5.74, 6) is 0.164. The molecule has 0 aliphatic rings. The van der Waals surface area contributed by atoms with Crippen LogP contribution in [0, 0.1) is 0 Å². The van der Waals surface area contributed by atoms with Gasteiger partial charge in [0.2, 0.25) is 5.75 Å². The van der Waals surface area contributed by atoms with Gasteiger partial charge in [-0.3, -0.25) is 4.79 Å². The number of allylic oxidation sites excluding steroid dienone is 1. The highest BCUT2D eigenvalue weighted by Crippen LogP contribution is 2.41. The lowest BCUT2D eigenvalue weighted by atomic mass is 9.89. The molecule has 0 bridgehead atoms. The number of aliphatic carboxylic acids is 1. The summed E-state index contributed by atoms with van der Waals surface area (Å²) in [4.78, 5) is 27.3. The van der Waals surface area contributed by atoms with Gasteiger partial charge in [-0.25, -0.2) is 4.79 Å². The zero-order chi connectivity index (χ0) is 33.5. The van der Waals surface area contributed by atoms with Gasteiger partial charge in [0.05, 0.1) is 36.6 Å². The van der Waals surface area contributed by atoms with Crippen molar-refractivity contribution in [3.05, 3.63) is 113 Å². The topological polar surface area (TPSA) is 117 Å². The van der Waals surface area contributed by atoms with Gasteiger partial charge >= 0.3 is 5.97 Å². The van der Waals surface area contributed by atoms with Gasteiger partial charge in [0, 0.05) is 17.6 Å². The van der Waals surface area contributed by atoms with Gasteiger partial charge in [-0.15, -0.1) is 0 Å². The molecule has 9 nitrogen and oxygen atoms in total. The molecular weight excluding hydrogens is 616 g/mol. The second-order valence-corrected chi connectivity index (χ2v) is 11.9. The molecule has 0 radical (unpaired) electrons. The van der Waals surface area contributed by atoms with E-state index in [9.17, 15) is 14.7 Å². The number of Topliss-reactive ketones (excluding diaryl/α,β-unsaturated/α-hetero) is 1. The Labute approximate surface area is 277 Å². The summed E-state index contributed by atoms with van der Waals surface area (Å²) in [5, 5.41) is 10.6. The van der Waals surface area contributed by atoms with Gasteiger partial charge in [0.15, 0.2) is 17.3 Å². The van der Waals surface area contributed by atoms with Crippen LogP contribution in [-0.2, 0) is 17.8 Å². The average Bonchev–Trinajstić information content (AvgIpc) is 3.52. The summed E-state index contributed by atoms with van der Waals surface area (Å²) in [5.41, 5.74) is 3.40. The Morgan fingerprint density at radius 1 is 0.766 bits per heavy atom. The van der Waals surface area contributed by atoms with Crippen molar-refractivity contribution in [1.82, 2.24) is 8.75 Å². The van der Waals surface area contributed by atoms with E-state index in [0.29, 0.717) is 57.3 Å². The predicted octanol–water partition coefficient (Wildman–Crippen LogP) is 7.82. The maximum absolute atomic E-state index is 14.3. The van der Waals surface area contributed by atoms with Gasteiger partial charge < -0.3 is 24.1 Å². The average molecular weight is 653 g/mol. The van der Waals surface area contributed by atoms with E-state index < -0.39 is 11.8 Å². The van der Waals surface area contributed by atoms with Crippen LogP contribution in [0.25, 0.3) is 16.6 Å². The Kier molecular flexibility index (Phi) is 10.5. The number of fused-ring (bicyclic) bond motifs is 1. The number of ether oxygens (including phenoxy) is 4. The van der Waals surface area contributed by atoms with Crippen molar-refractivity contribution in [2.75, 3.05) is 7.11 Å². The van der Waals surface area contributed by atoms with Gasteiger partial charge in [0.25, 0.3) is 0 Å². The van der Waals surface area contributed by atoms with E-state index in [1.165, 1.54) is 7.11 Å². The van der Waals surface area contributed by atoms with Gasteiger partial charge in [-0.05, 0) is 92.9 Å². The second kappa shape index (κ2) is 14.9. The lowest BCUT2D eigenvalue weighted by molar-refractivity contribution is -0.130. The number of nitrogens with zero attached hydrogens (tertiary/aromatic N) is 2. The molecule has 0 aliphatic heterocycles. The van der Waals surface area contributed by atoms with Crippen LogP contribution in [0.3, 0.4) is 0 Å². The largest absolute Gasteiger partial charge is 0.493 e. The Morgan fingerprint density at radius 2 is 1.43 bits per heavy atom. The minimum Gasteiger partial charge on any atom is -0.493 e. The zero-order valence-corrected chi connectivity index (χ0v) is 27.7. The SMILES string of the molecule is COc1cc(CC(C(=O)c2ccc(OCc3ccccc3)cc2)=C(C(=O)O)c2ccc3nsnc3c2)cc(OC(C)C)c1OC(C)C. The van der Waals surface area contributed by atoms with Crippen molar-refractivity contribution in [2.45, 2.75) is 52.9 Å². The molecule has 0 fully saturated rings. The number of ketones is 1. The summed E-state index contributed by atoms with van der Waals surface area (Å²) < 4.78 is 32.3. The lowest BCUT2D eigenvalue weighted by Gasteiger charge is -2.21. The molecule has 0 unspecified atom stereocenters. The van der Waals surface area contributed by atoms with Crippen LogP contribution in [-0.4, -0.2) is 44.9 Å². The maximum atomic E-state index is 14.3. The Hall–Kier alpha value is -5.22. The van der Waals surface area contributed by atoms with Crippen molar-refractivity contribution in [3.8, 4) is 23.0 Å².